The molecule has 2 nitrogen and oxygen atoms in total. The predicted molar refractivity (Wildman–Crippen MR) is 307 cm³/mol. The molecule has 12 aromatic carbocycles. The highest BCUT2D eigenvalue weighted by molar-refractivity contribution is 6.10. The Morgan fingerprint density at radius 2 is 0.781 bits per heavy atom. The Morgan fingerprint density at radius 1 is 0.288 bits per heavy atom. The summed E-state index contributed by atoms with van der Waals surface area (Å²) in [5.74, 6) is 0. The minimum absolute atomic E-state index is 0.562. The van der Waals surface area contributed by atoms with Crippen molar-refractivity contribution in [2.75, 3.05) is 4.90 Å². The van der Waals surface area contributed by atoms with E-state index in [9.17, 15) is 0 Å². The number of fused-ring (bicyclic) bond motifs is 8. The molecule has 0 amide bonds. The molecular formula is C71H48N2. The highest BCUT2D eigenvalue weighted by Crippen LogP contribution is 2.59. The second-order valence-corrected chi connectivity index (χ2v) is 19.2. The fourth-order valence-electron chi connectivity index (χ4n) is 12.0. The van der Waals surface area contributed by atoms with Gasteiger partial charge in [-0.15, -0.1) is 0 Å². The third-order valence-corrected chi connectivity index (χ3v) is 15.3. The zero-order valence-electron chi connectivity index (χ0n) is 40.1. The molecule has 73 heavy (non-hydrogen) atoms. The van der Waals surface area contributed by atoms with E-state index < -0.39 is 5.41 Å². The quantitative estimate of drug-likeness (QED) is 0.140. The number of rotatable bonds is 9. The summed E-state index contributed by atoms with van der Waals surface area (Å²) in [5, 5.41) is 5.02. The van der Waals surface area contributed by atoms with Crippen LogP contribution in [0.1, 0.15) is 22.3 Å². The van der Waals surface area contributed by atoms with Crippen LogP contribution in [-0.2, 0) is 5.41 Å². The summed E-state index contributed by atoms with van der Waals surface area (Å²) in [6.45, 7) is 0. The topological polar surface area (TPSA) is 8.17 Å². The van der Waals surface area contributed by atoms with Crippen LogP contribution in [0.25, 0.3) is 82.8 Å². The van der Waals surface area contributed by atoms with Gasteiger partial charge in [-0.2, -0.15) is 0 Å². The lowest BCUT2D eigenvalue weighted by Crippen LogP contribution is -2.28. The SMILES string of the molecule is c1ccc(-c2ccc(N(c3ccc(-c4cccc(-c5ccc6c7ccccc7n(-c7ccccc7)c6c5)c4)cc3)c3ccc4c(c3)C(c3ccccc3)(c3ccccc3)c3ccc5ccccc5c3-4)cc2)cc1. The smallest absolute Gasteiger partial charge is 0.0714 e. The lowest BCUT2D eigenvalue weighted by Gasteiger charge is -2.35. The van der Waals surface area contributed by atoms with E-state index in [0.29, 0.717) is 0 Å². The van der Waals surface area contributed by atoms with Gasteiger partial charge in [0, 0.05) is 33.5 Å². The summed E-state index contributed by atoms with van der Waals surface area (Å²) in [6.07, 6.45) is 0. The Bertz CT molecular complexity index is 4120. The van der Waals surface area contributed by atoms with E-state index in [4.69, 9.17) is 0 Å². The van der Waals surface area contributed by atoms with Gasteiger partial charge in [-0.3, -0.25) is 0 Å². The minimum Gasteiger partial charge on any atom is -0.310 e. The van der Waals surface area contributed by atoms with Crippen molar-refractivity contribution < 1.29 is 0 Å². The van der Waals surface area contributed by atoms with E-state index in [1.165, 1.54) is 93.8 Å². The summed E-state index contributed by atoms with van der Waals surface area (Å²) >= 11 is 0. The van der Waals surface area contributed by atoms with Crippen LogP contribution in [-0.4, -0.2) is 4.57 Å². The predicted octanol–water partition coefficient (Wildman–Crippen LogP) is 18.8. The van der Waals surface area contributed by atoms with E-state index in [1.807, 2.05) is 0 Å². The van der Waals surface area contributed by atoms with Crippen molar-refractivity contribution >= 4 is 49.6 Å². The normalized spacial score (nSPS) is 12.5. The first kappa shape index (κ1) is 42.4. The Kier molecular flexibility index (Phi) is 10.1. The molecule has 0 unspecified atom stereocenters. The number of hydrogen-bond donors (Lipinski definition) is 0. The van der Waals surface area contributed by atoms with Crippen molar-refractivity contribution in [2.45, 2.75) is 5.41 Å². The van der Waals surface area contributed by atoms with Crippen LogP contribution < -0.4 is 4.90 Å². The van der Waals surface area contributed by atoms with Crippen LogP contribution in [0.5, 0.6) is 0 Å². The van der Waals surface area contributed by atoms with Crippen molar-refractivity contribution in [3.05, 3.63) is 313 Å². The van der Waals surface area contributed by atoms with Gasteiger partial charge in [0.1, 0.15) is 0 Å². The van der Waals surface area contributed by atoms with Gasteiger partial charge in [0.05, 0.1) is 16.4 Å². The van der Waals surface area contributed by atoms with Crippen LogP contribution in [0.3, 0.4) is 0 Å². The molecular weight excluding hydrogens is 881 g/mol. The fraction of sp³-hybridized carbons (Fsp3) is 0.0141. The van der Waals surface area contributed by atoms with Crippen molar-refractivity contribution in [3.8, 4) is 50.2 Å². The second-order valence-electron chi connectivity index (χ2n) is 19.2. The maximum Gasteiger partial charge on any atom is 0.0714 e. The molecule has 0 saturated heterocycles. The van der Waals surface area contributed by atoms with E-state index in [0.717, 1.165) is 28.3 Å². The van der Waals surface area contributed by atoms with Crippen LogP contribution in [0, 0.1) is 0 Å². The fourth-order valence-corrected chi connectivity index (χ4v) is 12.0. The van der Waals surface area contributed by atoms with Crippen molar-refractivity contribution in [2.24, 2.45) is 0 Å². The van der Waals surface area contributed by atoms with Crippen LogP contribution in [0.15, 0.2) is 291 Å². The average Bonchev–Trinajstić information content (AvgIpc) is 3.97. The summed E-state index contributed by atoms with van der Waals surface area (Å²) in [6, 6.07) is 107. The maximum absolute atomic E-state index is 2.47. The lowest BCUT2D eigenvalue weighted by atomic mass is 9.67. The molecule has 0 fully saturated rings. The molecule has 0 atom stereocenters. The van der Waals surface area contributed by atoms with Gasteiger partial charge in [0.2, 0.25) is 0 Å². The first-order chi connectivity index (χ1) is 36.2. The van der Waals surface area contributed by atoms with E-state index in [-0.39, 0.29) is 0 Å². The largest absolute Gasteiger partial charge is 0.310 e. The number of anilines is 3. The molecule has 0 bridgehead atoms. The Labute approximate surface area is 426 Å². The number of nitrogens with zero attached hydrogens (tertiary/aromatic N) is 2. The minimum atomic E-state index is -0.562. The van der Waals surface area contributed by atoms with Gasteiger partial charge in [0.15, 0.2) is 0 Å². The van der Waals surface area contributed by atoms with Gasteiger partial charge in [0.25, 0.3) is 0 Å². The van der Waals surface area contributed by atoms with Gasteiger partial charge < -0.3 is 9.47 Å². The molecule has 1 aromatic heterocycles. The molecule has 0 spiro atoms. The zero-order valence-corrected chi connectivity index (χ0v) is 40.1. The standard InChI is InChI=1S/C71H48N2/c1-5-18-49(19-6-1)50-32-38-59(39-33-50)72(61-42-44-65-67(48-61)71(56-23-7-2-8-24-56,57-25-9-3-10-26-57)66-45-37-52-20-13-14-29-62(52)70(65)66)60-40-34-51(35-41-60)53-21-17-22-54(46-53)55-36-43-64-63-30-15-16-31-68(63)73(69(64)47-55)58-27-11-4-12-28-58/h1-48H. The molecule has 2 heteroatoms. The molecule has 0 radical (unpaired) electrons. The molecule has 1 aliphatic carbocycles. The van der Waals surface area contributed by atoms with Crippen LogP contribution >= 0.6 is 0 Å². The lowest BCUT2D eigenvalue weighted by molar-refractivity contribution is 0.769. The van der Waals surface area contributed by atoms with Gasteiger partial charge in [-0.25, -0.2) is 0 Å². The molecule has 0 saturated carbocycles. The van der Waals surface area contributed by atoms with Gasteiger partial charge >= 0.3 is 0 Å². The van der Waals surface area contributed by atoms with Crippen LogP contribution in [0.2, 0.25) is 0 Å². The third kappa shape index (κ3) is 6.94. The first-order valence-electron chi connectivity index (χ1n) is 25.2. The number of benzene rings is 12. The molecule has 1 aliphatic rings. The maximum atomic E-state index is 2.47. The Morgan fingerprint density at radius 3 is 1.47 bits per heavy atom. The first-order valence-corrected chi connectivity index (χ1v) is 25.2. The summed E-state index contributed by atoms with van der Waals surface area (Å²) < 4.78 is 2.39. The monoisotopic (exact) mass is 928 g/mol. The van der Waals surface area contributed by atoms with Crippen molar-refractivity contribution in [1.29, 1.82) is 0 Å². The zero-order chi connectivity index (χ0) is 48.3. The molecule has 1 heterocycles. The number of aromatic nitrogens is 1. The van der Waals surface area contributed by atoms with Gasteiger partial charge in [-0.1, -0.05) is 224 Å². The van der Waals surface area contributed by atoms with E-state index in [2.05, 4.69) is 301 Å². The molecule has 14 rings (SSSR count). The molecule has 0 N–H and O–H groups in total. The van der Waals surface area contributed by atoms with Crippen molar-refractivity contribution in [1.82, 2.24) is 4.57 Å². The third-order valence-electron chi connectivity index (χ3n) is 15.3. The molecule has 13 aromatic rings. The second kappa shape index (κ2) is 17.4. The molecule has 342 valence electrons. The number of hydrogen-bond acceptors (Lipinski definition) is 1. The van der Waals surface area contributed by atoms with E-state index >= 15 is 0 Å². The summed E-state index contributed by atoms with van der Waals surface area (Å²) in [5.41, 5.74) is 21.0. The van der Waals surface area contributed by atoms with Gasteiger partial charge in [-0.05, 0) is 144 Å². The highest BCUT2D eigenvalue weighted by Gasteiger charge is 2.47. The highest BCUT2D eigenvalue weighted by atomic mass is 15.1. The summed E-state index contributed by atoms with van der Waals surface area (Å²) in [7, 11) is 0. The van der Waals surface area contributed by atoms with Crippen molar-refractivity contribution in [3.63, 3.8) is 0 Å². The Hall–Kier alpha value is -9.50. The summed E-state index contributed by atoms with van der Waals surface area (Å²) in [4.78, 5) is 2.43. The van der Waals surface area contributed by atoms with E-state index in [1.54, 1.807) is 0 Å². The Balaban J connectivity index is 0.906. The van der Waals surface area contributed by atoms with Crippen LogP contribution in [0.4, 0.5) is 17.1 Å². The average molecular weight is 929 g/mol. The number of para-hydroxylation sites is 2. The molecule has 0 aliphatic heterocycles.